The first-order chi connectivity index (χ1) is 12.6. The lowest BCUT2D eigenvalue weighted by Crippen LogP contribution is -2.53. The van der Waals surface area contributed by atoms with Crippen LogP contribution in [0.25, 0.3) is 0 Å². The van der Waals surface area contributed by atoms with Crippen molar-refractivity contribution >= 4 is 41.3 Å². The van der Waals surface area contributed by atoms with Crippen molar-refractivity contribution in [3.8, 4) is 0 Å². The predicted molar refractivity (Wildman–Crippen MR) is 130 cm³/mol. The minimum absolute atomic E-state index is 0. The van der Waals surface area contributed by atoms with Crippen LogP contribution >= 0.6 is 35.3 Å². The molecule has 0 aliphatic carbocycles. The average molecular weight is 508 g/mol. The fourth-order valence-electron chi connectivity index (χ4n) is 3.32. The number of piperazine rings is 1. The van der Waals surface area contributed by atoms with Gasteiger partial charge in [0.05, 0.1) is 0 Å². The number of rotatable bonds is 9. The molecule has 0 saturated carbocycles. The van der Waals surface area contributed by atoms with Crippen LogP contribution in [0.4, 0.5) is 0 Å². The molecule has 2 atom stereocenters. The summed E-state index contributed by atoms with van der Waals surface area (Å²) < 4.78 is 0. The van der Waals surface area contributed by atoms with Gasteiger partial charge in [0.25, 0.3) is 0 Å². The zero-order chi connectivity index (χ0) is 18.8. The molecule has 1 aromatic rings. The molecule has 2 unspecified atom stereocenters. The van der Waals surface area contributed by atoms with Crippen molar-refractivity contribution in [3.63, 3.8) is 0 Å². The molecule has 2 rings (SSSR count). The average Bonchev–Trinajstić information content (AvgIpc) is 3.16. The highest BCUT2D eigenvalue weighted by Gasteiger charge is 2.20. The van der Waals surface area contributed by atoms with Crippen molar-refractivity contribution in [3.05, 3.63) is 22.4 Å². The molecule has 0 spiro atoms. The van der Waals surface area contributed by atoms with Gasteiger partial charge in [0.15, 0.2) is 5.96 Å². The maximum atomic E-state index is 4.81. The van der Waals surface area contributed by atoms with Gasteiger partial charge in [-0.3, -0.25) is 9.89 Å². The Labute approximate surface area is 187 Å². The number of nitrogens with one attached hydrogen (secondary N) is 2. The third-order valence-corrected chi connectivity index (χ3v) is 5.98. The molecule has 5 nitrogen and oxygen atoms in total. The van der Waals surface area contributed by atoms with Gasteiger partial charge in [-0.25, -0.2) is 0 Å². The molecular weight excluding hydrogens is 469 g/mol. The summed E-state index contributed by atoms with van der Waals surface area (Å²) in [5, 5.41) is 9.08. The Morgan fingerprint density at radius 2 is 1.93 bits per heavy atom. The van der Waals surface area contributed by atoms with Gasteiger partial charge in [-0.15, -0.1) is 35.3 Å². The number of hydrogen-bond donors (Lipinski definition) is 2. The molecule has 1 aliphatic heterocycles. The fraction of sp³-hybridized carbons (Fsp3) is 0.750. The van der Waals surface area contributed by atoms with E-state index in [1.807, 2.05) is 11.3 Å². The molecule has 0 radical (unpaired) electrons. The lowest BCUT2D eigenvalue weighted by atomic mass is 10.1. The molecule has 156 valence electrons. The zero-order valence-electron chi connectivity index (χ0n) is 17.4. The van der Waals surface area contributed by atoms with Crippen LogP contribution in [0.15, 0.2) is 22.5 Å². The molecule has 1 aliphatic rings. The van der Waals surface area contributed by atoms with Crippen molar-refractivity contribution in [1.29, 1.82) is 0 Å². The summed E-state index contributed by atoms with van der Waals surface area (Å²) >= 11 is 1.84. The van der Waals surface area contributed by atoms with Crippen LogP contribution in [0.5, 0.6) is 0 Å². The van der Waals surface area contributed by atoms with E-state index < -0.39 is 0 Å². The molecule has 2 N–H and O–H groups in total. The van der Waals surface area contributed by atoms with Crippen molar-refractivity contribution in [1.82, 2.24) is 20.4 Å². The molecule has 1 saturated heterocycles. The number of likely N-dealkylation sites (N-methyl/N-ethyl adjacent to an activating group) is 1. The second-order valence-corrected chi connectivity index (χ2v) is 8.34. The second kappa shape index (κ2) is 13.7. The maximum Gasteiger partial charge on any atom is 0.191 e. The van der Waals surface area contributed by atoms with Crippen molar-refractivity contribution in [2.75, 3.05) is 52.4 Å². The lowest BCUT2D eigenvalue weighted by molar-refractivity contribution is 0.107. The normalized spacial score (nSPS) is 18.6. The molecule has 7 heteroatoms. The minimum atomic E-state index is 0. The SMILES string of the molecule is CCNC(=NCC(C)Cc1cccs1)NCC(C)N1CCN(CC)CC1.I. The first-order valence-electron chi connectivity index (χ1n) is 10.1. The van der Waals surface area contributed by atoms with Gasteiger partial charge >= 0.3 is 0 Å². The summed E-state index contributed by atoms with van der Waals surface area (Å²) in [6.45, 7) is 17.6. The van der Waals surface area contributed by atoms with Crippen LogP contribution in [0.3, 0.4) is 0 Å². The number of nitrogens with zero attached hydrogens (tertiary/aromatic N) is 3. The largest absolute Gasteiger partial charge is 0.357 e. The molecule has 2 heterocycles. The Hall–Kier alpha value is -0.380. The van der Waals surface area contributed by atoms with E-state index in [1.165, 1.54) is 37.6 Å². The van der Waals surface area contributed by atoms with E-state index >= 15 is 0 Å². The number of hydrogen-bond acceptors (Lipinski definition) is 4. The van der Waals surface area contributed by atoms with E-state index in [0.29, 0.717) is 12.0 Å². The van der Waals surface area contributed by atoms with E-state index in [1.54, 1.807) is 0 Å². The Balaban J connectivity index is 0.00000364. The first-order valence-corrected chi connectivity index (χ1v) is 11.0. The number of thiophene rings is 1. The smallest absolute Gasteiger partial charge is 0.191 e. The Kier molecular flexibility index (Phi) is 12.5. The minimum Gasteiger partial charge on any atom is -0.357 e. The van der Waals surface area contributed by atoms with E-state index in [9.17, 15) is 0 Å². The topological polar surface area (TPSA) is 42.9 Å². The summed E-state index contributed by atoms with van der Waals surface area (Å²) in [6.07, 6.45) is 1.11. The van der Waals surface area contributed by atoms with Gasteiger partial charge < -0.3 is 15.5 Å². The Morgan fingerprint density at radius 3 is 2.52 bits per heavy atom. The zero-order valence-corrected chi connectivity index (χ0v) is 20.6. The quantitative estimate of drug-likeness (QED) is 0.306. The van der Waals surface area contributed by atoms with Crippen molar-refractivity contribution < 1.29 is 0 Å². The highest BCUT2D eigenvalue weighted by molar-refractivity contribution is 14.0. The van der Waals surface area contributed by atoms with Crippen molar-refractivity contribution in [2.24, 2.45) is 10.9 Å². The van der Waals surface area contributed by atoms with E-state index in [-0.39, 0.29) is 24.0 Å². The molecule has 27 heavy (non-hydrogen) atoms. The molecule has 1 fully saturated rings. The van der Waals surface area contributed by atoms with Crippen molar-refractivity contribution in [2.45, 2.75) is 40.2 Å². The number of aliphatic imine (C=N–C) groups is 1. The number of halogens is 1. The van der Waals surface area contributed by atoms with E-state index in [4.69, 9.17) is 4.99 Å². The third-order valence-electron chi connectivity index (χ3n) is 5.08. The highest BCUT2D eigenvalue weighted by atomic mass is 127. The fourth-order valence-corrected chi connectivity index (χ4v) is 4.19. The Morgan fingerprint density at radius 1 is 1.19 bits per heavy atom. The molecule has 0 aromatic carbocycles. The Bertz CT molecular complexity index is 514. The van der Waals surface area contributed by atoms with Gasteiger partial charge in [-0.2, -0.15) is 0 Å². The first kappa shape index (κ1) is 24.7. The summed E-state index contributed by atoms with van der Waals surface area (Å²) in [4.78, 5) is 11.4. The summed E-state index contributed by atoms with van der Waals surface area (Å²) in [5.41, 5.74) is 0. The second-order valence-electron chi connectivity index (χ2n) is 7.31. The standard InChI is InChI=1S/C20H37N5S.HI/c1-5-21-20(22-15-17(3)14-19-8-7-13-26-19)23-16-18(4)25-11-9-24(6-2)10-12-25;/h7-8,13,17-18H,5-6,9-12,14-16H2,1-4H3,(H2,21,22,23);1H. The van der Waals surface area contributed by atoms with Crippen LogP contribution in [-0.4, -0.2) is 74.2 Å². The van der Waals surface area contributed by atoms with Crippen LogP contribution in [0, 0.1) is 5.92 Å². The van der Waals surface area contributed by atoms with Crippen LogP contribution in [0.1, 0.15) is 32.6 Å². The van der Waals surface area contributed by atoms with Crippen LogP contribution in [-0.2, 0) is 6.42 Å². The molecule has 0 amide bonds. The molecule has 0 bridgehead atoms. The van der Waals surface area contributed by atoms with Crippen LogP contribution < -0.4 is 10.6 Å². The highest BCUT2D eigenvalue weighted by Crippen LogP contribution is 2.14. The predicted octanol–water partition coefficient (Wildman–Crippen LogP) is 3.13. The van der Waals surface area contributed by atoms with E-state index in [2.05, 4.69) is 65.6 Å². The maximum absolute atomic E-state index is 4.81. The summed E-state index contributed by atoms with van der Waals surface area (Å²) in [7, 11) is 0. The van der Waals surface area contributed by atoms with Crippen LogP contribution in [0.2, 0.25) is 0 Å². The lowest BCUT2D eigenvalue weighted by Gasteiger charge is -2.37. The van der Waals surface area contributed by atoms with Gasteiger partial charge in [0.1, 0.15) is 0 Å². The number of guanidine groups is 1. The van der Waals surface area contributed by atoms with Gasteiger partial charge in [-0.05, 0) is 44.2 Å². The van der Waals surface area contributed by atoms with E-state index in [0.717, 1.165) is 32.0 Å². The summed E-state index contributed by atoms with van der Waals surface area (Å²) in [6, 6.07) is 4.87. The summed E-state index contributed by atoms with van der Waals surface area (Å²) in [5.74, 6) is 1.51. The third kappa shape index (κ3) is 9.11. The monoisotopic (exact) mass is 507 g/mol. The van der Waals surface area contributed by atoms with Gasteiger partial charge in [-0.1, -0.05) is 19.9 Å². The van der Waals surface area contributed by atoms with Gasteiger partial charge in [0.2, 0.25) is 0 Å². The molecule has 1 aromatic heterocycles. The molecular formula is C20H38IN5S. The van der Waals surface area contributed by atoms with Gasteiger partial charge in [0, 0.05) is 56.7 Å².